The SMILES string of the molecule is O=C(O)C1CC1c1ccc(-c2ccc(-c3nc4nc(OC5C[C@H]6OC[C@@H](O)[C@H]6O5)[nH]c4cc3Cl)cc2)cc1. The quantitative estimate of drug-likeness (QED) is 0.333. The summed E-state index contributed by atoms with van der Waals surface area (Å²) >= 11 is 6.58. The summed E-state index contributed by atoms with van der Waals surface area (Å²) in [5.74, 6) is -0.863. The highest BCUT2D eigenvalue weighted by Gasteiger charge is 2.46. The van der Waals surface area contributed by atoms with Gasteiger partial charge in [-0.15, -0.1) is 0 Å². The number of fused-ring (bicyclic) bond motifs is 2. The molecule has 3 aliphatic rings. The first kappa shape index (κ1) is 23.6. The molecular formula is C28H24ClN3O6. The lowest BCUT2D eigenvalue weighted by molar-refractivity contribution is -0.138. The fourth-order valence-electron chi connectivity index (χ4n) is 5.39. The van der Waals surface area contributed by atoms with Crippen LogP contribution in [0.5, 0.6) is 6.01 Å². The number of aromatic amines is 1. The number of ether oxygens (including phenoxy) is 3. The molecule has 3 N–H and O–H groups in total. The maximum absolute atomic E-state index is 11.2. The van der Waals surface area contributed by atoms with E-state index in [2.05, 4.69) is 15.0 Å². The summed E-state index contributed by atoms with van der Waals surface area (Å²) in [7, 11) is 0. The van der Waals surface area contributed by atoms with Crippen LogP contribution in [0, 0.1) is 5.92 Å². The maximum atomic E-state index is 11.2. The maximum Gasteiger partial charge on any atom is 0.307 e. The Balaban J connectivity index is 1.07. The molecule has 194 valence electrons. The van der Waals surface area contributed by atoms with Gasteiger partial charge in [0.1, 0.15) is 12.2 Å². The third kappa shape index (κ3) is 4.21. The predicted octanol–water partition coefficient (Wildman–Crippen LogP) is 4.39. The van der Waals surface area contributed by atoms with E-state index in [0.717, 1.165) is 22.3 Å². The smallest absolute Gasteiger partial charge is 0.307 e. The second-order valence-corrected chi connectivity index (χ2v) is 10.4. The molecular weight excluding hydrogens is 510 g/mol. The normalized spacial score (nSPS) is 27.9. The summed E-state index contributed by atoms with van der Waals surface area (Å²) in [6.07, 6.45) is -0.558. The molecule has 0 bridgehead atoms. The van der Waals surface area contributed by atoms with Crippen LogP contribution in [-0.4, -0.2) is 62.3 Å². The lowest BCUT2D eigenvalue weighted by atomic mass is 10.00. The second kappa shape index (κ2) is 9.06. The Morgan fingerprint density at radius 3 is 2.42 bits per heavy atom. The molecule has 2 aromatic heterocycles. The molecule has 38 heavy (non-hydrogen) atoms. The molecule has 9 nitrogen and oxygen atoms in total. The first-order chi connectivity index (χ1) is 18.4. The number of benzene rings is 2. The van der Waals surface area contributed by atoms with Crippen LogP contribution in [0.25, 0.3) is 33.5 Å². The second-order valence-electron chi connectivity index (χ2n) is 10.0. The minimum atomic E-state index is -0.723. The lowest BCUT2D eigenvalue weighted by Crippen LogP contribution is -2.28. The molecule has 2 saturated heterocycles. The van der Waals surface area contributed by atoms with Crippen molar-refractivity contribution < 1.29 is 29.2 Å². The van der Waals surface area contributed by atoms with Gasteiger partial charge in [-0.3, -0.25) is 4.79 Å². The number of carbonyl (C=O) groups is 1. The van der Waals surface area contributed by atoms with Crippen molar-refractivity contribution in [3.8, 4) is 28.4 Å². The Hall–Kier alpha value is -3.50. The highest BCUT2D eigenvalue weighted by atomic mass is 35.5. The zero-order valence-electron chi connectivity index (χ0n) is 20.1. The Bertz CT molecular complexity index is 1520. The minimum absolute atomic E-state index is 0.118. The van der Waals surface area contributed by atoms with Gasteiger partial charge in [-0.25, -0.2) is 4.98 Å². The predicted molar refractivity (Wildman–Crippen MR) is 138 cm³/mol. The number of nitrogens with zero attached hydrogens (tertiary/aromatic N) is 2. The van der Waals surface area contributed by atoms with Gasteiger partial charge in [-0.2, -0.15) is 4.98 Å². The number of carboxylic acid groups (broad SMARTS) is 1. The van der Waals surface area contributed by atoms with Crippen molar-refractivity contribution >= 4 is 28.7 Å². The van der Waals surface area contributed by atoms with Crippen molar-refractivity contribution in [2.75, 3.05) is 6.61 Å². The van der Waals surface area contributed by atoms with Gasteiger partial charge in [0, 0.05) is 12.0 Å². The molecule has 1 aliphatic carbocycles. The van der Waals surface area contributed by atoms with Gasteiger partial charge in [-0.1, -0.05) is 60.1 Å². The van der Waals surface area contributed by atoms with Gasteiger partial charge in [0.15, 0.2) is 5.65 Å². The highest BCUT2D eigenvalue weighted by Crippen LogP contribution is 2.47. The van der Waals surface area contributed by atoms with E-state index in [9.17, 15) is 9.90 Å². The third-order valence-corrected chi connectivity index (χ3v) is 7.83. The van der Waals surface area contributed by atoms with E-state index in [1.165, 1.54) is 0 Å². The molecule has 0 radical (unpaired) electrons. The van der Waals surface area contributed by atoms with E-state index >= 15 is 0 Å². The highest BCUT2D eigenvalue weighted by molar-refractivity contribution is 6.33. The van der Waals surface area contributed by atoms with Crippen molar-refractivity contribution in [3.63, 3.8) is 0 Å². The van der Waals surface area contributed by atoms with Gasteiger partial charge >= 0.3 is 5.97 Å². The zero-order valence-corrected chi connectivity index (χ0v) is 20.8. The van der Waals surface area contributed by atoms with Crippen LogP contribution in [0.15, 0.2) is 54.6 Å². The molecule has 0 spiro atoms. The minimum Gasteiger partial charge on any atom is -0.481 e. The standard InChI is InChI=1S/C28H24ClN3O6/c29-19-10-20-26(32-28(30-20)38-23-11-22-25(37-23)21(33)12-36-22)31-24(19)16-7-3-14(4-8-16)13-1-5-15(6-2-13)17-9-18(17)27(34)35/h1-8,10,17-18,21-23,25,33H,9,11-12H2,(H,34,35)(H,30,31,32)/t17?,18?,21-,22-,23?,25-/m1/s1. The summed E-state index contributed by atoms with van der Waals surface area (Å²) in [6.45, 7) is 0.278. The first-order valence-electron chi connectivity index (χ1n) is 12.5. The number of rotatable bonds is 6. The molecule has 4 aromatic rings. The fourth-order valence-corrected chi connectivity index (χ4v) is 5.66. The van der Waals surface area contributed by atoms with E-state index in [0.29, 0.717) is 34.7 Å². The summed E-state index contributed by atoms with van der Waals surface area (Å²) in [5.41, 5.74) is 5.71. The van der Waals surface area contributed by atoms with Gasteiger partial charge < -0.3 is 29.4 Å². The lowest BCUT2D eigenvalue weighted by Gasteiger charge is -2.14. The molecule has 3 fully saturated rings. The molecule has 7 rings (SSSR count). The number of aliphatic carboxylic acids is 1. The van der Waals surface area contributed by atoms with Crippen molar-refractivity contribution in [1.82, 2.24) is 15.0 Å². The summed E-state index contributed by atoms with van der Waals surface area (Å²) in [6, 6.07) is 18.1. The van der Waals surface area contributed by atoms with E-state index in [1.807, 2.05) is 48.5 Å². The third-order valence-electron chi connectivity index (χ3n) is 7.55. The number of aromatic nitrogens is 3. The van der Waals surface area contributed by atoms with Crippen LogP contribution < -0.4 is 4.74 Å². The molecule has 6 atom stereocenters. The van der Waals surface area contributed by atoms with Gasteiger partial charge in [0.25, 0.3) is 6.01 Å². The molecule has 0 amide bonds. The number of aliphatic hydroxyl groups is 1. The summed E-state index contributed by atoms with van der Waals surface area (Å²) in [5, 5.41) is 19.6. The number of nitrogens with one attached hydrogen (secondary N) is 1. The first-order valence-corrected chi connectivity index (χ1v) is 12.9. The van der Waals surface area contributed by atoms with E-state index in [-0.39, 0.29) is 36.7 Å². The van der Waals surface area contributed by atoms with Gasteiger partial charge in [0.2, 0.25) is 6.29 Å². The Morgan fingerprint density at radius 1 is 1.03 bits per heavy atom. The van der Waals surface area contributed by atoms with E-state index < -0.39 is 18.4 Å². The van der Waals surface area contributed by atoms with Crippen LogP contribution in [0.3, 0.4) is 0 Å². The van der Waals surface area contributed by atoms with Crippen molar-refractivity contribution in [3.05, 3.63) is 65.2 Å². The Morgan fingerprint density at radius 2 is 1.74 bits per heavy atom. The molecule has 10 heteroatoms. The number of hydrogen-bond donors (Lipinski definition) is 3. The van der Waals surface area contributed by atoms with Crippen LogP contribution >= 0.6 is 11.6 Å². The number of imidazole rings is 1. The molecule has 3 unspecified atom stereocenters. The van der Waals surface area contributed by atoms with Gasteiger partial charge in [0.05, 0.1) is 34.9 Å². The van der Waals surface area contributed by atoms with Crippen LogP contribution in [0.2, 0.25) is 5.02 Å². The number of aliphatic hydroxyl groups excluding tert-OH is 1. The number of halogens is 1. The average molecular weight is 534 g/mol. The fraction of sp³-hybridized carbons (Fsp3) is 0.321. The van der Waals surface area contributed by atoms with Gasteiger partial charge in [-0.05, 0) is 35.1 Å². The van der Waals surface area contributed by atoms with Crippen LogP contribution in [-0.2, 0) is 14.3 Å². The molecule has 2 aliphatic heterocycles. The number of pyridine rings is 1. The summed E-state index contributed by atoms with van der Waals surface area (Å²) in [4.78, 5) is 23.4. The van der Waals surface area contributed by atoms with Crippen LogP contribution in [0.4, 0.5) is 0 Å². The van der Waals surface area contributed by atoms with Crippen molar-refractivity contribution in [2.24, 2.45) is 5.92 Å². The zero-order chi connectivity index (χ0) is 26.0. The number of hydrogen-bond acceptors (Lipinski definition) is 7. The molecule has 4 heterocycles. The van der Waals surface area contributed by atoms with E-state index in [4.69, 9.17) is 30.9 Å². The van der Waals surface area contributed by atoms with Crippen LogP contribution in [0.1, 0.15) is 24.3 Å². The molecule has 1 saturated carbocycles. The monoisotopic (exact) mass is 533 g/mol. The number of carboxylic acids is 1. The largest absolute Gasteiger partial charge is 0.481 e. The Kier molecular flexibility index (Phi) is 5.63. The topological polar surface area (TPSA) is 127 Å². The van der Waals surface area contributed by atoms with Crippen molar-refractivity contribution in [2.45, 2.75) is 43.4 Å². The van der Waals surface area contributed by atoms with Crippen molar-refractivity contribution in [1.29, 1.82) is 0 Å². The average Bonchev–Trinajstić information content (AvgIpc) is 3.33. The molecule has 2 aromatic carbocycles. The van der Waals surface area contributed by atoms with E-state index in [1.54, 1.807) is 6.07 Å². The number of H-pyrrole nitrogens is 1. The Labute approximate surface area is 222 Å². The summed E-state index contributed by atoms with van der Waals surface area (Å²) < 4.78 is 17.1.